The van der Waals surface area contributed by atoms with Gasteiger partial charge >= 0.3 is 0 Å². The summed E-state index contributed by atoms with van der Waals surface area (Å²) in [5.41, 5.74) is 2.78. The van der Waals surface area contributed by atoms with Gasteiger partial charge in [0.05, 0.1) is 23.8 Å². The van der Waals surface area contributed by atoms with Gasteiger partial charge < -0.3 is 5.32 Å². The second-order valence-corrected chi connectivity index (χ2v) is 4.86. The highest BCUT2D eigenvalue weighted by molar-refractivity contribution is 6.04. The summed E-state index contributed by atoms with van der Waals surface area (Å²) in [6.07, 6.45) is 6.68. The minimum absolute atomic E-state index is 0.192. The van der Waals surface area contributed by atoms with Crippen LogP contribution < -0.4 is 5.32 Å². The van der Waals surface area contributed by atoms with Gasteiger partial charge in [-0.15, -0.1) is 15.3 Å². The molecule has 0 saturated carbocycles. The third kappa shape index (κ3) is 2.53. The Morgan fingerprint density at radius 2 is 1.91 bits per heavy atom. The number of anilines is 1. The fraction of sp³-hybridized carbons (Fsp3) is 0. The van der Waals surface area contributed by atoms with E-state index in [1.165, 1.54) is 0 Å². The third-order valence-electron chi connectivity index (χ3n) is 3.37. The van der Waals surface area contributed by atoms with Crippen LogP contribution in [0.3, 0.4) is 0 Å². The molecule has 112 valence electrons. The Morgan fingerprint density at radius 3 is 2.70 bits per heavy atom. The van der Waals surface area contributed by atoms with Gasteiger partial charge in [0, 0.05) is 11.8 Å². The van der Waals surface area contributed by atoms with E-state index in [4.69, 9.17) is 0 Å². The molecule has 0 fully saturated rings. The van der Waals surface area contributed by atoms with E-state index in [9.17, 15) is 4.79 Å². The molecule has 1 aromatic carbocycles. The number of nitrogens with zero attached hydrogens (tertiary/aromatic N) is 6. The zero-order valence-electron chi connectivity index (χ0n) is 11.9. The molecule has 0 aliphatic heterocycles. The fourth-order valence-electron chi connectivity index (χ4n) is 2.22. The molecule has 8 heteroatoms. The highest BCUT2D eigenvalue weighted by Crippen LogP contribution is 2.13. The summed E-state index contributed by atoms with van der Waals surface area (Å²) in [4.78, 5) is 12.3. The number of nitrogens with one attached hydrogen (secondary N) is 1. The van der Waals surface area contributed by atoms with Crippen molar-refractivity contribution in [3.63, 3.8) is 0 Å². The summed E-state index contributed by atoms with van der Waals surface area (Å²) < 4.78 is 3.37. The van der Waals surface area contributed by atoms with Gasteiger partial charge in [0.1, 0.15) is 6.33 Å². The summed E-state index contributed by atoms with van der Waals surface area (Å²) in [5, 5.41) is 18.2. The van der Waals surface area contributed by atoms with Crippen LogP contribution in [0.4, 0.5) is 5.69 Å². The summed E-state index contributed by atoms with van der Waals surface area (Å²) >= 11 is 0. The molecule has 3 aromatic heterocycles. The first-order chi connectivity index (χ1) is 11.3. The summed E-state index contributed by atoms with van der Waals surface area (Å²) in [5.74, 6) is -0.192. The summed E-state index contributed by atoms with van der Waals surface area (Å²) in [6, 6.07) is 10.7. The molecule has 0 saturated heterocycles. The van der Waals surface area contributed by atoms with E-state index in [0.29, 0.717) is 11.3 Å². The normalized spacial score (nSPS) is 10.8. The van der Waals surface area contributed by atoms with Crippen molar-refractivity contribution in [2.75, 3.05) is 5.32 Å². The highest BCUT2D eigenvalue weighted by atomic mass is 16.1. The van der Waals surface area contributed by atoms with Crippen LogP contribution in [0.5, 0.6) is 0 Å². The van der Waals surface area contributed by atoms with Crippen molar-refractivity contribution in [3.05, 3.63) is 66.9 Å². The molecule has 3 heterocycles. The monoisotopic (exact) mass is 305 g/mol. The number of carbonyl (C=O) groups is 1. The van der Waals surface area contributed by atoms with Crippen LogP contribution in [0.2, 0.25) is 0 Å². The van der Waals surface area contributed by atoms with Gasteiger partial charge in [-0.1, -0.05) is 5.21 Å². The van der Waals surface area contributed by atoms with Crippen molar-refractivity contribution in [2.24, 2.45) is 0 Å². The molecule has 0 spiro atoms. The number of rotatable bonds is 3. The highest BCUT2D eigenvalue weighted by Gasteiger charge is 2.07. The molecule has 0 unspecified atom stereocenters. The lowest BCUT2D eigenvalue weighted by atomic mass is 10.2. The van der Waals surface area contributed by atoms with Crippen LogP contribution in [0.15, 0.2) is 61.3 Å². The lowest BCUT2D eigenvalue weighted by Gasteiger charge is -2.06. The van der Waals surface area contributed by atoms with Crippen molar-refractivity contribution in [3.8, 4) is 5.69 Å². The van der Waals surface area contributed by atoms with Gasteiger partial charge in [-0.05, 0) is 36.4 Å². The average Bonchev–Trinajstić information content (AvgIpc) is 3.26. The van der Waals surface area contributed by atoms with E-state index >= 15 is 0 Å². The van der Waals surface area contributed by atoms with Crippen LogP contribution in [0.25, 0.3) is 11.3 Å². The molecule has 1 N–H and O–H groups in total. The van der Waals surface area contributed by atoms with Gasteiger partial charge in [-0.25, -0.2) is 4.68 Å². The average molecular weight is 305 g/mol. The minimum atomic E-state index is -0.192. The maximum absolute atomic E-state index is 12.3. The van der Waals surface area contributed by atoms with Gasteiger partial charge in [-0.2, -0.15) is 0 Å². The Hall–Kier alpha value is -3.55. The van der Waals surface area contributed by atoms with Crippen LogP contribution in [-0.4, -0.2) is 35.5 Å². The lowest BCUT2D eigenvalue weighted by molar-refractivity contribution is 0.102. The number of pyridine rings is 1. The molecule has 0 aliphatic rings. The molecule has 0 aliphatic carbocycles. The maximum Gasteiger partial charge on any atom is 0.255 e. The van der Waals surface area contributed by atoms with Crippen molar-refractivity contribution in [1.29, 1.82) is 0 Å². The number of amides is 1. The molecule has 8 nitrogen and oxygen atoms in total. The first-order valence-corrected chi connectivity index (χ1v) is 6.87. The van der Waals surface area contributed by atoms with E-state index in [2.05, 4.69) is 25.8 Å². The zero-order chi connectivity index (χ0) is 15.6. The smallest absolute Gasteiger partial charge is 0.255 e. The predicted molar refractivity (Wildman–Crippen MR) is 82.3 cm³/mol. The van der Waals surface area contributed by atoms with Gasteiger partial charge in [0.15, 0.2) is 5.65 Å². The second kappa shape index (κ2) is 5.34. The quantitative estimate of drug-likeness (QED) is 0.620. The second-order valence-electron chi connectivity index (χ2n) is 4.86. The molecular weight excluding hydrogens is 294 g/mol. The van der Waals surface area contributed by atoms with Crippen LogP contribution in [0.1, 0.15) is 10.4 Å². The third-order valence-corrected chi connectivity index (χ3v) is 3.37. The molecule has 0 atom stereocenters. The van der Waals surface area contributed by atoms with Crippen LogP contribution in [-0.2, 0) is 0 Å². The zero-order valence-corrected chi connectivity index (χ0v) is 11.9. The van der Waals surface area contributed by atoms with Gasteiger partial charge in [-0.3, -0.25) is 9.20 Å². The molecule has 4 aromatic rings. The molecule has 1 amide bonds. The van der Waals surface area contributed by atoms with Gasteiger partial charge in [0.2, 0.25) is 0 Å². The van der Waals surface area contributed by atoms with Crippen LogP contribution >= 0.6 is 0 Å². The number of aromatic nitrogens is 6. The minimum Gasteiger partial charge on any atom is -0.321 e. The maximum atomic E-state index is 12.3. The summed E-state index contributed by atoms with van der Waals surface area (Å²) in [7, 11) is 0. The van der Waals surface area contributed by atoms with E-state index in [1.807, 2.05) is 12.1 Å². The lowest BCUT2D eigenvalue weighted by Crippen LogP contribution is -2.12. The number of hydrogen-bond acceptors (Lipinski definition) is 5. The van der Waals surface area contributed by atoms with E-state index in [1.54, 1.807) is 58.3 Å². The Balaban J connectivity index is 1.54. The van der Waals surface area contributed by atoms with Crippen molar-refractivity contribution in [2.45, 2.75) is 0 Å². The summed E-state index contributed by atoms with van der Waals surface area (Å²) in [6.45, 7) is 0. The standard InChI is InChI=1S/C15H11N7O/c23-15(18-12-3-6-14-19-17-10-21(14)9-12)11-1-4-13(5-2-11)22-8-7-16-20-22/h1-10H,(H,18,23). The molecule has 0 radical (unpaired) electrons. The predicted octanol–water partition coefficient (Wildman–Crippen LogP) is 1.56. The largest absolute Gasteiger partial charge is 0.321 e. The van der Waals surface area contributed by atoms with Crippen molar-refractivity contribution in [1.82, 2.24) is 29.6 Å². The number of fused-ring (bicyclic) bond motifs is 1. The van der Waals surface area contributed by atoms with Crippen LogP contribution in [0, 0.1) is 0 Å². The molecule has 23 heavy (non-hydrogen) atoms. The topological polar surface area (TPSA) is 90.0 Å². The van der Waals surface area contributed by atoms with Crippen molar-refractivity contribution >= 4 is 17.2 Å². The Labute approximate surface area is 130 Å². The molecule has 0 bridgehead atoms. The Kier molecular flexibility index (Phi) is 3.05. The number of hydrogen-bond donors (Lipinski definition) is 1. The Morgan fingerprint density at radius 1 is 1.04 bits per heavy atom. The van der Waals surface area contributed by atoms with E-state index in [-0.39, 0.29) is 5.91 Å². The Bertz CT molecular complexity index is 957. The van der Waals surface area contributed by atoms with E-state index in [0.717, 1.165) is 11.3 Å². The molecular formula is C15H11N7O. The van der Waals surface area contributed by atoms with Gasteiger partial charge in [0.25, 0.3) is 5.91 Å². The molecule has 4 rings (SSSR count). The number of benzene rings is 1. The number of carbonyl (C=O) groups excluding carboxylic acids is 1. The van der Waals surface area contributed by atoms with Crippen molar-refractivity contribution < 1.29 is 4.79 Å². The van der Waals surface area contributed by atoms with E-state index < -0.39 is 0 Å². The first kappa shape index (κ1) is 13.1. The fourth-order valence-corrected chi connectivity index (χ4v) is 2.22. The first-order valence-electron chi connectivity index (χ1n) is 6.87. The SMILES string of the molecule is O=C(Nc1ccc2nncn2c1)c1ccc(-n2ccnn2)cc1.